The van der Waals surface area contributed by atoms with Gasteiger partial charge in [0.15, 0.2) is 0 Å². The molecule has 0 fully saturated rings. The zero-order chi connectivity index (χ0) is 15.2. The van der Waals surface area contributed by atoms with E-state index in [4.69, 9.17) is 0 Å². The summed E-state index contributed by atoms with van der Waals surface area (Å²) in [6.07, 6.45) is 0. The van der Waals surface area contributed by atoms with Crippen LogP contribution in [0.25, 0.3) is 0 Å². The van der Waals surface area contributed by atoms with Crippen molar-refractivity contribution in [1.29, 1.82) is 0 Å². The second-order valence-corrected chi connectivity index (χ2v) is 5.69. The Morgan fingerprint density at radius 3 is 2.57 bits per heavy atom. The first kappa shape index (κ1) is 15.5. The maximum absolute atomic E-state index is 13.4. The number of benzene rings is 2. The molecule has 0 saturated heterocycles. The molecule has 0 aromatic heterocycles. The van der Waals surface area contributed by atoms with Crippen molar-refractivity contribution in [3.63, 3.8) is 0 Å². The van der Waals surface area contributed by atoms with Crippen LogP contribution in [0.5, 0.6) is 0 Å². The van der Waals surface area contributed by atoms with Gasteiger partial charge in [-0.3, -0.25) is 0 Å². The van der Waals surface area contributed by atoms with Gasteiger partial charge in [0.2, 0.25) is 0 Å². The monoisotopic (exact) mass is 286 g/mol. The Hall–Kier alpha value is -1.87. The molecule has 21 heavy (non-hydrogen) atoms. The summed E-state index contributed by atoms with van der Waals surface area (Å²) in [5, 5.41) is 3.46. The van der Waals surface area contributed by atoms with Crippen LogP contribution in [0.4, 0.5) is 15.8 Å². The molecular formula is C18H23FN2. The average Bonchev–Trinajstić information content (AvgIpc) is 2.47. The third kappa shape index (κ3) is 4.30. The van der Waals surface area contributed by atoms with Crippen LogP contribution in [-0.4, -0.2) is 13.6 Å². The molecule has 0 radical (unpaired) electrons. The lowest BCUT2D eigenvalue weighted by atomic mass is 10.1. The largest absolute Gasteiger partial charge is 0.344 e. The van der Waals surface area contributed by atoms with Crippen LogP contribution in [0.3, 0.4) is 0 Å². The molecule has 0 atom stereocenters. The molecule has 2 aromatic carbocycles. The van der Waals surface area contributed by atoms with Crippen molar-refractivity contribution in [3.8, 4) is 0 Å². The fourth-order valence-electron chi connectivity index (χ4n) is 2.31. The van der Waals surface area contributed by atoms with Crippen molar-refractivity contribution in [2.75, 3.05) is 18.5 Å². The first-order valence-electron chi connectivity index (χ1n) is 7.36. The van der Waals surface area contributed by atoms with Gasteiger partial charge in [-0.1, -0.05) is 38.1 Å². The van der Waals surface area contributed by atoms with Gasteiger partial charge in [0.05, 0.1) is 0 Å². The number of para-hydroxylation sites is 1. The quantitative estimate of drug-likeness (QED) is 0.850. The van der Waals surface area contributed by atoms with Crippen LogP contribution in [0.15, 0.2) is 48.5 Å². The van der Waals surface area contributed by atoms with Crippen LogP contribution in [0, 0.1) is 11.7 Å². The first-order valence-corrected chi connectivity index (χ1v) is 7.36. The van der Waals surface area contributed by atoms with Crippen LogP contribution in [0.1, 0.15) is 19.4 Å². The van der Waals surface area contributed by atoms with E-state index in [0.29, 0.717) is 5.92 Å². The highest BCUT2D eigenvalue weighted by atomic mass is 19.1. The van der Waals surface area contributed by atoms with E-state index >= 15 is 0 Å². The molecule has 1 N–H and O–H groups in total. The lowest BCUT2D eigenvalue weighted by Crippen LogP contribution is -2.21. The number of anilines is 2. The lowest BCUT2D eigenvalue weighted by Gasteiger charge is -2.23. The van der Waals surface area contributed by atoms with Gasteiger partial charge in [0.25, 0.3) is 0 Å². The summed E-state index contributed by atoms with van der Waals surface area (Å²) in [4.78, 5) is 2.02. The van der Waals surface area contributed by atoms with Gasteiger partial charge in [-0.25, -0.2) is 4.39 Å². The van der Waals surface area contributed by atoms with E-state index < -0.39 is 0 Å². The molecule has 0 aliphatic rings. The molecule has 2 aromatic rings. The zero-order valence-electron chi connectivity index (χ0n) is 12.9. The topological polar surface area (TPSA) is 15.3 Å². The van der Waals surface area contributed by atoms with Crippen molar-refractivity contribution >= 4 is 11.4 Å². The van der Waals surface area contributed by atoms with Gasteiger partial charge < -0.3 is 10.2 Å². The summed E-state index contributed by atoms with van der Waals surface area (Å²) >= 11 is 0. The Morgan fingerprint density at radius 2 is 1.86 bits per heavy atom. The summed E-state index contributed by atoms with van der Waals surface area (Å²) < 4.78 is 13.4. The molecule has 0 spiro atoms. The summed E-state index contributed by atoms with van der Waals surface area (Å²) in [5.41, 5.74) is 3.16. The summed E-state index contributed by atoms with van der Waals surface area (Å²) in [5.74, 6) is 0.410. The predicted octanol–water partition coefficient (Wildman–Crippen LogP) is 4.34. The SMILES string of the molecule is CC(C)CNCc1ccccc1N(C)c1cccc(F)c1. The van der Waals surface area contributed by atoms with Gasteiger partial charge in [0, 0.05) is 25.0 Å². The molecule has 3 heteroatoms. The standard InChI is InChI=1S/C18H23FN2/c1-14(2)12-20-13-15-7-4-5-10-18(15)21(3)17-9-6-8-16(19)11-17/h4-11,14,20H,12-13H2,1-3H3. The third-order valence-corrected chi connectivity index (χ3v) is 3.42. The Labute approximate surface area is 126 Å². The lowest BCUT2D eigenvalue weighted by molar-refractivity contribution is 0.552. The van der Waals surface area contributed by atoms with Gasteiger partial charge in [-0.15, -0.1) is 0 Å². The average molecular weight is 286 g/mol. The van der Waals surface area contributed by atoms with Gasteiger partial charge >= 0.3 is 0 Å². The highest BCUT2D eigenvalue weighted by Gasteiger charge is 2.09. The molecule has 0 aliphatic heterocycles. The minimum absolute atomic E-state index is 0.213. The number of hydrogen-bond donors (Lipinski definition) is 1. The molecule has 0 bridgehead atoms. The van der Waals surface area contributed by atoms with Gasteiger partial charge in [-0.2, -0.15) is 0 Å². The number of hydrogen-bond acceptors (Lipinski definition) is 2. The Balaban J connectivity index is 2.18. The highest BCUT2D eigenvalue weighted by molar-refractivity contribution is 5.65. The van der Waals surface area contributed by atoms with E-state index in [9.17, 15) is 4.39 Å². The maximum atomic E-state index is 13.4. The molecule has 0 unspecified atom stereocenters. The second kappa shape index (κ2) is 7.23. The molecule has 0 amide bonds. The molecular weight excluding hydrogens is 263 g/mol. The Bertz CT molecular complexity index is 581. The van der Waals surface area contributed by atoms with Gasteiger partial charge in [0.1, 0.15) is 5.82 Å². The molecule has 2 rings (SSSR count). The van der Waals surface area contributed by atoms with E-state index in [1.807, 2.05) is 30.1 Å². The maximum Gasteiger partial charge on any atom is 0.125 e. The van der Waals surface area contributed by atoms with Gasteiger partial charge in [-0.05, 0) is 42.3 Å². The number of rotatable bonds is 6. The third-order valence-electron chi connectivity index (χ3n) is 3.42. The number of nitrogens with zero attached hydrogens (tertiary/aromatic N) is 1. The van der Waals surface area contributed by atoms with Crippen molar-refractivity contribution in [2.24, 2.45) is 5.92 Å². The summed E-state index contributed by atoms with van der Waals surface area (Å²) in [7, 11) is 1.97. The molecule has 0 aliphatic carbocycles. The summed E-state index contributed by atoms with van der Waals surface area (Å²) in [6.45, 7) is 6.18. The Kier molecular flexibility index (Phi) is 5.34. The van der Waals surface area contributed by atoms with Crippen molar-refractivity contribution < 1.29 is 4.39 Å². The van der Waals surface area contributed by atoms with Crippen molar-refractivity contribution in [1.82, 2.24) is 5.32 Å². The van der Waals surface area contributed by atoms with Crippen LogP contribution >= 0.6 is 0 Å². The normalized spacial score (nSPS) is 10.9. The summed E-state index contributed by atoms with van der Waals surface area (Å²) in [6, 6.07) is 14.9. The van der Waals surface area contributed by atoms with E-state index in [1.165, 1.54) is 11.6 Å². The van der Waals surface area contributed by atoms with E-state index in [2.05, 4.69) is 31.3 Å². The first-order chi connectivity index (χ1) is 10.1. The predicted molar refractivity (Wildman–Crippen MR) is 87.4 cm³/mol. The molecule has 0 heterocycles. The van der Waals surface area contributed by atoms with Crippen LogP contribution in [-0.2, 0) is 6.54 Å². The van der Waals surface area contributed by atoms with Crippen LogP contribution in [0.2, 0.25) is 0 Å². The fourth-order valence-corrected chi connectivity index (χ4v) is 2.31. The van der Waals surface area contributed by atoms with Crippen LogP contribution < -0.4 is 10.2 Å². The van der Waals surface area contributed by atoms with E-state index in [0.717, 1.165) is 24.5 Å². The zero-order valence-corrected chi connectivity index (χ0v) is 12.9. The highest BCUT2D eigenvalue weighted by Crippen LogP contribution is 2.27. The fraction of sp³-hybridized carbons (Fsp3) is 0.333. The number of halogens is 1. The minimum atomic E-state index is -0.213. The minimum Gasteiger partial charge on any atom is -0.344 e. The Morgan fingerprint density at radius 1 is 1.10 bits per heavy atom. The van der Waals surface area contributed by atoms with Crippen molar-refractivity contribution in [3.05, 3.63) is 59.9 Å². The molecule has 112 valence electrons. The van der Waals surface area contributed by atoms with Crippen molar-refractivity contribution in [2.45, 2.75) is 20.4 Å². The second-order valence-electron chi connectivity index (χ2n) is 5.69. The van der Waals surface area contributed by atoms with E-state index in [1.54, 1.807) is 12.1 Å². The number of nitrogens with one attached hydrogen (secondary N) is 1. The molecule has 0 saturated carbocycles. The van der Waals surface area contributed by atoms with E-state index in [-0.39, 0.29) is 5.82 Å². The molecule has 2 nitrogen and oxygen atoms in total. The smallest absolute Gasteiger partial charge is 0.125 e.